The summed E-state index contributed by atoms with van der Waals surface area (Å²) < 4.78 is 2.23. The summed E-state index contributed by atoms with van der Waals surface area (Å²) >= 11 is 0. The Kier molecular flexibility index (Phi) is 5.10. The van der Waals surface area contributed by atoms with E-state index in [-0.39, 0.29) is 0 Å². The Balaban J connectivity index is 1.48. The number of hydrogen-bond donors (Lipinski definition) is 1. The molecule has 5 heteroatoms. The quantitative estimate of drug-likeness (QED) is 0.572. The zero-order chi connectivity index (χ0) is 18.6. The van der Waals surface area contributed by atoms with Crippen LogP contribution in [0.5, 0.6) is 0 Å². The molecular formula is C22H27N5. The van der Waals surface area contributed by atoms with Gasteiger partial charge in [-0.3, -0.25) is 4.99 Å². The Labute approximate surface area is 160 Å². The second-order valence-electron chi connectivity index (χ2n) is 7.33. The van der Waals surface area contributed by atoms with Gasteiger partial charge in [-0.1, -0.05) is 49.4 Å². The predicted octanol–water partition coefficient (Wildman–Crippen LogP) is 3.69. The second kappa shape index (κ2) is 7.82. The molecule has 0 aliphatic carbocycles. The van der Waals surface area contributed by atoms with Crippen molar-refractivity contribution < 1.29 is 0 Å². The Bertz CT molecular complexity index is 910. The van der Waals surface area contributed by atoms with Gasteiger partial charge in [-0.15, -0.1) is 0 Å². The maximum absolute atomic E-state index is 4.55. The van der Waals surface area contributed by atoms with Crippen molar-refractivity contribution in [3.05, 3.63) is 66.7 Å². The molecule has 1 aliphatic heterocycles. The van der Waals surface area contributed by atoms with E-state index in [1.165, 1.54) is 16.3 Å². The lowest BCUT2D eigenvalue weighted by Gasteiger charge is -2.39. The lowest BCUT2D eigenvalue weighted by atomic mass is 9.93. The molecule has 5 nitrogen and oxygen atoms in total. The number of aromatic nitrogens is 2. The Hall–Kier alpha value is -2.82. The lowest BCUT2D eigenvalue weighted by molar-refractivity contribution is 0.189. The van der Waals surface area contributed by atoms with Gasteiger partial charge >= 0.3 is 0 Å². The van der Waals surface area contributed by atoms with Crippen molar-refractivity contribution in [2.75, 3.05) is 20.1 Å². The first-order valence-corrected chi connectivity index (χ1v) is 9.66. The van der Waals surface area contributed by atoms with Gasteiger partial charge in [0.25, 0.3) is 0 Å². The van der Waals surface area contributed by atoms with Crippen molar-refractivity contribution >= 4 is 16.7 Å². The van der Waals surface area contributed by atoms with Crippen LogP contribution in [0, 0.1) is 5.92 Å². The van der Waals surface area contributed by atoms with Gasteiger partial charge in [-0.25, -0.2) is 4.98 Å². The smallest absolute Gasteiger partial charge is 0.193 e. The van der Waals surface area contributed by atoms with Crippen molar-refractivity contribution in [3.63, 3.8) is 0 Å². The molecule has 0 radical (unpaired) electrons. The Morgan fingerprint density at radius 1 is 1.22 bits per heavy atom. The largest absolute Gasteiger partial charge is 0.352 e. The summed E-state index contributed by atoms with van der Waals surface area (Å²) in [5.74, 6) is 1.60. The fourth-order valence-corrected chi connectivity index (χ4v) is 4.05. The maximum Gasteiger partial charge on any atom is 0.193 e. The molecule has 140 valence electrons. The second-order valence-corrected chi connectivity index (χ2v) is 7.33. The number of nitrogens with zero attached hydrogens (tertiary/aromatic N) is 4. The van der Waals surface area contributed by atoms with Gasteiger partial charge in [0.05, 0.1) is 12.4 Å². The minimum absolute atomic E-state index is 0.428. The van der Waals surface area contributed by atoms with Crippen LogP contribution in [0.25, 0.3) is 10.8 Å². The highest BCUT2D eigenvalue weighted by Crippen LogP contribution is 2.27. The first kappa shape index (κ1) is 17.6. The number of benzene rings is 2. The van der Waals surface area contributed by atoms with Crippen LogP contribution in [0.2, 0.25) is 0 Å². The number of piperidine rings is 1. The van der Waals surface area contributed by atoms with Gasteiger partial charge in [-0.2, -0.15) is 0 Å². The fraction of sp³-hybridized carbons (Fsp3) is 0.364. The molecule has 1 aromatic heterocycles. The predicted molar refractivity (Wildman–Crippen MR) is 111 cm³/mol. The van der Waals surface area contributed by atoms with Crippen LogP contribution in [0.4, 0.5) is 0 Å². The van der Waals surface area contributed by atoms with Crippen LogP contribution in [0.15, 0.2) is 66.2 Å². The summed E-state index contributed by atoms with van der Waals surface area (Å²) in [5, 5.41) is 6.15. The third kappa shape index (κ3) is 3.68. The minimum Gasteiger partial charge on any atom is -0.352 e. The molecule has 1 N–H and O–H groups in total. The molecule has 2 aromatic carbocycles. The zero-order valence-corrected chi connectivity index (χ0v) is 16.0. The molecule has 0 amide bonds. The van der Waals surface area contributed by atoms with E-state index in [0.29, 0.717) is 12.0 Å². The van der Waals surface area contributed by atoms with Gasteiger partial charge in [0, 0.05) is 39.1 Å². The van der Waals surface area contributed by atoms with Gasteiger partial charge in [0.15, 0.2) is 5.96 Å². The van der Waals surface area contributed by atoms with Crippen LogP contribution in [0.3, 0.4) is 0 Å². The van der Waals surface area contributed by atoms with Crippen LogP contribution in [-0.2, 0) is 6.54 Å². The first-order chi connectivity index (χ1) is 13.3. The van der Waals surface area contributed by atoms with E-state index in [0.717, 1.165) is 32.0 Å². The van der Waals surface area contributed by atoms with Gasteiger partial charge in [0.1, 0.15) is 0 Å². The highest BCUT2D eigenvalue weighted by atomic mass is 15.3. The SMILES string of the molecule is CN=C(NCc1cccc2ccccc12)N1CCC(C)C(n2ccnc2)C1. The van der Waals surface area contributed by atoms with E-state index >= 15 is 0 Å². The summed E-state index contributed by atoms with van der Waals surface area (Å²) in [6, 6.07) is 15.4. The molecule has 0 spiro atoms. The van der Waals surface area contributed by atoms with Gasteiger partial charge in [0.2, 0.25) is 0 Å². The molecular weight excluding hydrogens is 334 g/mol. The maximum atomic E-state index is 4.55. The van der Waals surface area contributed by atoms with Gasteiger partial charge < -0.3 is 14.8 Å². The van der Waals surface area contributed by atoms with Crippen molar-refractivity contribution in [1.29, 1.82) is 0 Å². The lowest BCUT2D eigenvalue weighted by Crippen LogP contribution is -2.48. The molecule has 0 saturated carbocycles. The molecule has 27 heavy (non-hydrogen) atoms. The normalized spacial score (nSPS) is 20.8. The minimum atomic E-state index is 0.428. The number of hydrogen-bond acceptors (Lipinski definition) is 2. The number of rotatable bonds is 3. The summed E-state index contributed by atoms with van der Waals surface area (Å²) in [7, 11) is 1.87. The number of likely N-dealkylation sites (tertiary alicyclic amines) is 1. The van der Waals surface area contributed by atoms with Crippen molar-refractivity contribution in [3.8, 4) is 0 Å². The molecule has 0 bridgehead atoms. The third-order valence-electron chi connectivity index (χ3n) is 5.65. The number of guanidine groups is 1. The molecule has 2 heterocycles. The summed E-state index contributed by atoms with van der Waals surface area (Å²) in [6.07, 6.45) is 7.00. The topological polar surface area (TPSA) is 45.5 Å². The third-order valence-corrected chi connectivity index (χ3v) is 5.65. The molecule has 1 aliphatic rings. The Morgan fingerprint density at radius 2 is 2.07 bits per heavy atom. The zero-order valence-electron chi connectivity index (χ0n) is 16.0. The van der Waals surface area contributed by atoms with Crippen molar-refractivity contribution in [2.45, 2.75) is 25.9 Å². The molecule has 2 unspecified atom stereocenters. The standard InChI is InChI=1S/C22H27N5/c1-17-10-12-26(15-21(17)27-13-11-24-16-27)22(23-2)25-14-19-8-5-7-18-6-3-4-9-20(18)19/h3-9,11,13,16-17,21H,10,12,14-15H2,1-2H3,(H,23,25). The van der Waals surface area contributed by atoms with E-state index in [9.17, 15) is 0 Å². The van der Waals surface area contributed by atoms with E-state index in [4.69, 9.17) is 0 Å². The summed E-state index contributed by atoms with van der Waals surface area (Å²) in [5.41, 5.74) is 1.30. The van der Waals surface area contributed by atoms with E-state index in [2.05, 4.69) is 80.3 Å². The number of aliphatic imine (C=N–C) groups is 1. The monoisotopic (exact) mass is 361 g/mol. The van der Waals surface area contributed by atoms with Crippen molar-refractivity contribution in [2.24, 2.45) is 10.9 Å². The first-order valence-electron chi connectivity index (χ1n) is 9.66. The number of imidazole rings is 1. The van der Waals surface area contributed by atoms with E-state index < -0.39 is 0 Å². The number of nitrogens with one attached hydrogen (secondary N) is 1. The van der Waals surface area contributed by atoms with Crippen molar-refractivity contribution in [1.82, 2.24) is 19.8 Å². The molecule has 2 atom stereocenters. The average molecular weight is 361 g/mol. The van der Waals surface area contributed by atoms with Gasteiger partial charge in [-0.05, 0) is 28.7 Å². The number of fused-ring (bicyclic) bond motifs is 1. The average Bonchev–Trinajstić information content (AvgIpc) is 3.24. The summed E-state index contributed by atoms with van der Waals surface area (Å²) in [6.45, 7) is 5.08. The van der Waals surface area contributed by atoms with E-state index in [1.54, 1.807) is 0 Å². The Morgan fingerprint density at radius 3 is 2.89 bits per heavy atom. The van der Waals surface area contributed by atoms with Crippen LogP contribution in [0.1, 0.15) is 24.9 Å². The summed E-state index contributed by atoms with van der Waals surface area (Å²) in [4.78, 5) is 11.2. The molecule has 4 rings (SSSR count). The van der Waals surface area contributed by atoms with Crippen LogP contribution >= 0.6 is 0 Å². The molecule has 1 saturated heterocycles. The highest BCUT2D eigenvalue weighted by molar-refractivity contribution is 5.86. The van der Waals surface area contributed by atoms with E-state index in [1.807, 2.05) is 19.6 Å². The van der Waals surface area contributed by atoms with Crippen LogP contribution < -0.4 is 5.32 Å². The molecule has 1 fully saturated rings. The fourth-order valence-electron chi connectivity index (χ4n) is 4.05. The highest BCUT2D eigenvalue weighted by Gasteiger charge is 2.28. The molecule has 3 aromatic rings. The van der Waals surface area contributed by atoms with Crippen LogP contribution in [-0.4, -0.2) is 40.5 Å².